The van der Waals surface area contributed by atoms with E-state index in [0.29, 0.717) is 19.4 Å². The largest absolute Gasteiger partial charge is 0.497 e. The molecule has 128 valence electrons. The molecule has 0 unspecified atom stereocenters. The van der Waals surface area contributed by atoms with Gasteiger partial charge in [0, 0.05) is 6.42 Å². The molecular weight excluding hydrogens is 304 g/mol. The fourth-order valence-corrected chi connectivity index (χ4v) is 2.53. The molecule has 0 spiro atoms. The number of rotatable bonds is 7. The van der Waals surface area contributed by atoms with Crippen LogP contribution in [0.5, 0.6) is 17.2 Å². The molecule has 24 heavy (non-hydrogen) atoms. The van der Waals surface area contributed by atoms with Crippen LogP contribution in [0.4, 0.5) is 0 Å². The number of carbonyl (C=O) groups is 1. The van der Waals surface area contributed by atoms with Crippen LogP contribution in [0.15, 0.2) is 36.4 Å². The number of hydrogen-bond donors (Lipinski definition) is 0. The number of benzene rings is 2. The third-order valence-corrected chi connectivity index (χ3v) is 3.90. The molecule has 2 aromatic rings. The highest BCUT2D eigenvalue weighted by Gasteiger charge is 2.12. The van der Waals surface area contributed by atoms with Crippen LogP contribution >= 0.6 is 0 Å². The molecule has 0 N–H and O–H groups in total. The number of esters is 1. The van der Waals surface area contributed by atoms with Crippen molar-refractivity contribution in [3.05, 3.63) is 53.1 Å². The van der Waals surface area contributed by atoms with Crippen LogP contribution in [0.2, 0.25) is 0 Å². The number of aryl methyl sites for hydroxylation is 2. The Hall–Kier alpha value is -2.49. The van der Waals surface area contributed by atoms with Crippen LogP contribution in [0.3, 0.4) is 0 Å². The summed E-state index contributed by atoms with van der Waals surface area (Å²) in [6.07, 6.45) is 1.02. The van der Waals surface area contributed by atoms with E-state index in [9.17, 15) is 4.79 Å². The van der Waals surface area contributed by atoms with E-state index in [1.54, 1.807) is 7.11 Å². The SMILES string of the molecule is CCOC(=O)CCc1ccc(C)c(Oc2ccc(OC)cc2)c1C. The molecule has 0 aromatic heterocycles. The van der Waals surface area contributed by atoms with Gasteiger partial charge in [-0.1, -0.05) is 12.1 Å². The lowest BCUT2D eigenvalue weighted by atomic mass is 10.00. The summed E-state index contributed by atoms with van der Waals surface area (Å²) in [6, 6.07) is 11.6. The predicted molar refractivity (Wildman–Crippen MR) is 93.9 cm³/mol. The topological polar surface area (TPSA) is 44.8 Å². The highest BCUT2D eigenvalue weighted by molar-refractivity contribution is 5.69. The second-order valence-corrected chi connectivity index (χ2v) is 5.58. The molecule has 0 fully saturated rings. The number of hydrogen-bond acceptors (Lipinski definition) is 4. The van der Waals surface area contributed by atoms with Crippen LogP contribution in [0.1, 0.15) is 30.0 Å². The molecule has 2 rings (SSSR count). The van der Waals surface area contributed by atoms with Crippen LogP contribution in [-0.2, 0) is 16.0 Å². The van der Waals surface area contributed by atoms with Crippen LogP contribution in [0, 0.1) is 13.8 Å². The summed E-state index contributed by atoms with van der Waals surface area (Å²) in [6.45, 7) is 6.26. The van der Waals surface area contributed by atoms with Crippen molar-refractivity contribution in [3.63, 3.8) is 0 Å². The molecule has 4 nitrogen and oxygen atoms in total. The van der Waals surface area contributed by atoms with Gasteiger partial charge in [-0.15, -0.1) is 0 Å². The maximum Gasteiger partial charge on any atom is 0.306 e. The minimum atomic E-state index is -0.171. The van der Waals surface area contributed by atoms with Crippen molar-refractivity contribution in [1.82, 2.24) is 0 Å². The third kappa shape index (κ3) is 4.51. The first-order chi connectivity index (χ1) is 11.5. The lowest BCUT2D eigenvalue weighted by Crippen LogP contribution is -2.06. The number of methoxy groups -OCH3 is 1. The lowest BCUT2D eigenvalue weighted by Gasteiger charge is -2.15. The molecule has 0 heterocycles. The average molecular weight is 328 g/mol. The molecule has 4 heteroatoms. The van der Waals surface area contributed by atoms with Crippen molar-refractivity contribution in [1.29, 1.82) is 0 Å². The quantitative estimate of drug-likeness (QED) is 0.697. The normalized spacial score (nSPS) is 10.3. The van der Waals surface area contributed by atoms with E-state index < -0.39 is 0 Å². The molecule has 0 radical (unpaired) electrons. The fourth-order valence-electron chi connectivity index (χ4n) is 2.53. The molecule has 0 bridgehead atoms. The van der Waals surface area contributed by atoms with E-state index in [1.165, 1.54) is 0 Å². The Balaban J connectivity index is 2.16. The second kappa shape index (κ2) is 8.39. The van der Waals surface area contributed by atoms with Gasteiger partial charge in [0.05, 0.1) is 13.7 Å². The fraction of sp³-hybridized carbons (Fsp3) is 0.350. The van der Waals surface area contributed by atoms with Gasteiger partial charge in [0.15, 0.2) is 0 Å². The molecule has 0 aliphatic heterocycles. The van der Waals surface area contributed by atoms with E-state index in [4.69, 9.17) is 14.2 Å². The van der Waals surface area contributed by atoms with Gasteiger partial charge in [-0.25, -0.2) is 0 Å². The Labute approximate surface area is 143 Å². The van der Waals surface area contributed by atoms with Crippen LogP contribution in [-0.4, -0.2) is 19.7 Å². The third-order valence-electron chi connectivity index (χ3n) is 3.90. The molecule has 0 amide bonds. The van der Waals surface area contributed by atoms with Gasteiger partial charge in [-0.2, -0.15) is 0 Å². The molecular formula is C20H24O4. The zero-order valence-corrected chi connectivity index (χ0v) is 14.7. The molecule has 0 aliphatic rings. The standard InChI is InChI=1S/C20H24O4/c1-5-23-19(21)13-8-16-7-6-14(2)20(15(16)3)24-18-11-9-17(22-4)10-12-18/h6-7,9-12H,5,8,13H2,1-4H3. The first-order valence-corrected chi connectivity index (χ1v) is 8.11. The van der Waals surface area contributed by atoms with E-state index in [0.717, 1.165) is 33.9 Å². The first kappa shape index (κ1) is 17.9. The van der Waals surface area contributed by atoms with E-state index in [1.807, 2.05) is 57.2 Å². The summed E-state index contributed by atoms with van der Waals surface area (Å²) >= 11 is 0. The van der Waals surface area contributed by atoms with Gasteiger partial charge >= 0.3 is 5.97 Å². The Morgan fingerprint density at radius 2 is 1.67 bits per heavy atom. The second-order valence-electron chi connectivity index (χ2n) is 5.58. The Morgan fingerprint density at radius 1 is 1.00 bits per heavy atom. The summed E-state index contributed by atoms with van der Waals surface area (Å²) in [5.74, 6) is 2.21. The van der Waals surface area contributed by atoms with Gasteiger partial charge in [-0.05, 0) is 68.1 Å². The molecule has 2 aromatic carbocycles. The van der Waals surface area contributed by atoms with Gasteiger partial charge in [0.2, 0.25) is 0 Å². The highest BCUT2D eigenvalue weighted by atomic mass is 16.5. The number of ether oxygens (including phenoxy) is 3. The summed E-state index contributed by atoms with van der Waals surface area (Å²) in [5.41, 5.74) is 3.20. The zero-order chi connectivity index (χ0) is 17.5. The monoisotopic (exact) mass is 328 g/mol. The molecule has 0 saturated heterocycles. The van der Waals surface area contributed by atoms with Crippen molar-refractivity contribution in [2.75, 3.05) is 13.7 Å². The smallest absolute Gasteiger partial charge is 0.306 e. The number of carbonyl (C=O) groups excluding carboxylic acids is 1. The van der Waals surface area contributed by atoms with Crippen LogP contribution in [0.25, 0.3) is 0 Å². The summed E-state index contributed by atoms with van der Waals surface area (Å²) < 4.78 is 16.2. The minimum absolute atomic E-state index is 0.171. The molecule has 0 aliphatic carbocycles. The lowest BCUT2D eigenvalue weighted by molar-refractivity contribution is -0.143. The Morgan fingerprint density at radius 3 is 2.29 bits per heavy atom. The average Bonchev–Trinajstić information content (AvgIpc) is 2.58. The van der Waals surface area contributed by atoms with Gasteiger partial charge < -0.3 is 14.2 Å². The van der Waals surface area contributed by atoms with Gasteiger partial charge in [0.25, 0.3) is 0 Å². The Kier molecular flexibility index (Phi) is 6.24. The van der Waals surface area contributed by atoms with E-state index in [2.05, 4.69) is 0 Å². The zero-order valence-electron chi connectivity index (χ0n) is 14.7. The molecule has 0 saturated carbocycles. The van der Waals surface area contributed by atoms with Crippen molar-refractivity contribution < 1.29 is 19.0 Å². The Bertz CT molecular complexity index is 690. The summed E-state index contributed by atoms with van der Waals surface area (Å²) in [5, 5.41) is 0. The summed E-state index contributed by atoms with van der Waals surface area (Å²) in [7, 11) is 1.64. The maximum absolute atomic E-state index is 11.6. The maximum atomic E-state index is 11.6. The van der Waals surface area contributed by atoms with Crippen molar-refractivity contribution in [2.45, 2.75) is 33.6 Å². The van der Waals surface area contributed by atoms with Crippen LogP contribution < -0.4 is 9.47 Å². The van der Waals surface area contributed by atoms with Gasteiger partial charge in [-0.3, -0.25) is 4.79 Å². The predicted octanol–water partition coefficient (Wildman–Crippen LogP) is 4.60. The van der Waals surface area contributed by atoms with Gasteiger partial charge in [0.1, 0.15) is 17.2 Å². The minimum Gasteiger partial charge on any atom is -0.497 e. The summed E-state index contributed by atoms with van der Waals surface area (Å²) in [4.78, 5) is 11.6. The van der Waals surface area contributed by atoms with Crippen molar-refractivity contribution in [3.8, 4) is 17.2 Å². The van der Waals surface area contributed by atoms with E-state index in [-0.39, 0.29) is 5.97 Å². The van der Waals surface area contributed by atoms with Crippen molar-refractivity contribution >= 4 is 5.97 Å². The first-order valence-electron chi connectivity index (χ1n) is 8.11. The highest BCUT2D eigenvalue weighted by Crippen LogP contribution is 2.32. The van der Waals surface area contributed by atoms with E-state index >= 15 is 0 Å². The molecule has 0 atom stereocenters. The van der Waals surface area contributed by atoms with Crippen molar-refractivity contribution in [2.24, 2.45) is 0 Å².